The van der Waals surface area contributed by atoms with Crippen molar-refractivity contribution in [3.05, 3.63) is 24.3 Å². The van der Waals surface area contributed by atoms with Crippen LogP contribution in [0.1, 0.15) is 20.3 Å². The van der Waals surface area contributed by atoms with Crippen molar-refractivity contribution in [1.82, 2.24) is 5.32 Å². The van der Waals surface area contributed by atoms with E-state index >= 15 is 0 Å². The molecule has 1 atom stereocenters. The van der Waals surface area contributed by atoms with Crippen molar-refractivity contribution in [2.45, 2.75) is 20.3 Å². The predicted molar refractivity (Wildman–Crippen MR) is 81.3 cm³/mol. The Hall–Kier alpha value is -2.04. The zero-order chi connectivity index (χ0) is 15.4. The standard InChI is InChI=1S/C16H22N2O3/c1-11(2)16(20)17-9-12-8-15(19)18(10-12)13-4-6-14(21-3)7-5-13/h4-7,11-12H,8-10H2,1-3H3,(H,17,20)/t12-/m0/s1. The average Bonchev–Trinajstić information content (AvgIpc) is 2.85. The molecular weight excluding hydrogens is 268 g/mol. The zero-order valence-electron chi connectivity index (χ0n) is 12.8. The summed E-state index contributed by atoms with van der Waals surface area (Å²) in [4.78, 5) is 25.4. The van der Waals surface area contributed by atoms with E-state index in [0.29, 0.717) is 19.5 Å². The molecule has 5 heteroatoms. The molecule has 1 heterocycles. The molecular formula is C16H22N2O3. The van der Waals surface area contributed by atoms with Gasteiger partial charge in [-0.1, -0.05) is 13.8 Å². The monoisotopic (exact) mass is 290 g/mol. The first kappa shape index (κ1) is 15.4. The highest BCUT2D eigenvalue weighted by atomic mass is 16.5. The maximum atomic E-state index is 12.1. The van der Waals surface area contributed by atoms with Gasteiger partial charge in [0.05, 0.1) is 7.11 Å². The van der Waals surface area contributed by atoms with Crippen LogP contribution in [-0.4, -0.2) is 32.0 Å². The van der Waals surface area contributed by atoms with Crippen LogP contribution in [0.5, 0.6) is 5.75 Å². The molecule has 0 saturated carbocycles. The maximum Gasteiger partial charge on any atom is 0.227 e. The summed E-state index contributed by atoms with van der Waals surface area (Å²) < 4.78 is 5.12. The van der Waals surface area contributed by atoms with Gasteiger partial charge in [-0.2, -0.15) is 0 Å². The van der Waals surface area contributed by atoms with Crippen molar-refractivity contribution in [2.75, 3.05) is 25.1 Å². The number of carbonyl (C=O) groups is 2. The van der Waals surface area contributed by atoms with E-state index in [2.05, 4.69) is 5.32 Å². The molecule has 0 aromatic heterocycles. The number of benzene rings is 1. The van der Waals surface area contributed by atoms with Crippen molar-refractivity contribution < 1.29 is 14.3 Å². The average molecular weight is 290 g/mol. The minimum absolute atomic E-state index is 0.0280. The van der Waals surface area contributed by atoms with E-state index in [1.165, 1.54) is 0 Å². The third kappa shape index (κ3) is 3.74. The zero-order valence-corrected chi connectivity index (χ0v) is 12.8. The lowest BCUT2D eigenvalue weighted by Gasteiger charge is -2.17. The molecule has 0 aliphatic carbocycles. The summed E-state index contributed by atoms with van der Waals surface area (Å²) in [5.41, 5.74) is 0.874. The van der Waals surface area contributed by atoms with E-state index in [4.69, 9.17) is 4.74 Å². The Balaban J connectivity index is 1.94. The third-order valence-electron chi connectivity index (χ3n) is 3.68. The Labute approximate surface area is 125 Å². The summed E-state index contributed by atoms with van der Waals surface area (Å²) in [7, 11) is 1.61. The smallest absolute Gasteiger partial charge is 0.227 e. The Morgan fingerprint density at radius 3 is 2.62 bits per heavy atom. The van der Waals surface area contributed by atoms with Crippen molar-refractivity contribution in [3.8, 4) is 5.75 Å². The van der Waals surface area contributed by atoms with Gasteiger partial charge in [0.1, 0.15) is 5.75 Å². The van der Waals surface area contributed by atoms with E-state index in [1.54, 1.807) is 12.0 Å². The van der Waals surface area contributed by atoms with Crippen LogP contribution < -0.4 is 15.0 Å². The molecule has 1 fully saturated rings. The Morgan fingerprint density at radius 2 is 2.05 bits per heavy atom. The molecule has 1 aliphatic rings. The van der Waals surface area contributed by atoms with E-state index in [1.807, 2.05) is 38.1 Å². The van der Waals surface area contributed by atoms with Gasteiger partial charge in [-0.25, -0.2) is 0 Å². The highest BCUT2D eigenvalue weighted by Gasteiger charge is 2.30. The van der Waals surface area contributed by atoms with Crippen LogP contribution in [-0.2, 0) is 9.59 Å². The summed E-state index contributed by atoms with van der Waals surface area (Å²) in [5.74, 6) is 1.04. The molecule has 1 aliphatic heterocycles. The van der Waals surface area contributed by atoms with Crippen LogP contribution in [0.25, 0.3) is 0 Å². The lowest BCUT2D eigenvalue weighted by Crippen LogP contribution is -2.33. The molecule has 0 unspecified atom stereocenters. The second kappa shape index (κ2) is 6.61. The number of carbonyl (C=O) groups excluding carboxylic acids is 2. The van der Waals surface area contributed by atoms with E-state index in [9.17, 15) is 9.59 Å². The predicted octanol–water partition coefficient (Wildman–Crippen LogP) is 1.82. The van der Waals surface area contributed by atoms with Crippen LogP contribution >= 0.6 is 0 Å². The highest BCUT2D eigenvalue weighted by molar-refractivity contribution is 5.95. The van der Waals surface area contributed by atoms with Crippen LogP contribution in [0.15, 0.2) is 24.3 Å². The van der Waals surface area contributed by atoms with Gasteiger partial charge >= 0.3 is 0 Å². The Kier molecular flexibility index (Phi) is 4.83. The largest absolute Gasteiger partial charge is 0.497 e. The molecule has 114 valence electrons. The molecule has 0 bridgehead atoms. The minimum atomic E-state index is -0.0280. The number of hydrogen-bond acceptors (Lipinski definition) is 3. The fraction of sp³-hybridized carbons (Fsp3) is 0.500. The number of anilines is 1. The highest BCUT2D eigenvalue weighted by Crippen LogP contribution is 2.26. The molecule has 21 heavy (non-hydrogen) atoms. The molecule has 0 radical (unpaired) electrons. The van der Waals surface area contributed by atoms with E-state index in [0.717, 1.165) is 11.4 Å². The number of amides is 2. The summed E-state index contributed by atoms with van der Waals surface area (Å²) >= 11 is 0. The molecule has 1 aromatic rings. The van der Waals surface area contributed by atoms with Crippen molar-refractivity contribution in [3.63, 3.8) is 0 Å². The number of ether oxygens (including phenoxy) is 1. The van der Waals surface area contributed by atoms with Gasteiger partial charge in [-0.05, 0) is 24.3 Å². The summed E-state index contributed by atoms with van der Waals surface area (Å²) in [6.07, 6.45) is 0.477. The van der Waals surface area contributed by atoms with Crippen LogP contribution in [0.3, 0.4) is 0 Å². The molecule has 2 rings (SSSR count). The quantitative estimate of drug-likeness (QED) is 0.900. The second-order valence-corrected chi connectivity index (χ2v) is 5.67. The Bertz CT molecular complexity index is 511. The maximum absolute atomic E-state index is 12.1. The molecule has 2 amide bonds. The first-order chi connectivity index (χ1) is 10.0. The minimum Gasteiger partial charge on any atom is -0.497 e. The summed E-state index contributed by atoms with van der Waals surface area (Å²) in [6.45, 7) is 4.91. The number of hydrogen-bond donors (Lipinski definition) is 1. The molecule has 1 aromatic carbocycles. The van der Waals surface area contributed by atoms with Gasteiger partial charge in [-0.3, -0.25) is 9.59 Å². The van der Waals surface area contributed by atoms with Crippen LogP contribution in [0, 0.1) is 11.8 Å². The Morgan fingerprint density at radius 1 is 1.38 bits per heavy atom. The fourth-order valence-corrected chi connectivity index (χ4v) is 2.38. The normalized spacial score (nSPS) is 18.2. The summed E-state index contributed by atoms with van der Waals surface area (Å²) in [6, 6.07) is 7.45. The number of nitrogens with zero attached hydrogens (tertiary/aromatic N) is 1. The van der Waals surface area contributed by atoms with E-state index in [-0.39, 0.29) is 23.7 Å². The topological polar surface area (TPSA) is 58.6 Å². The lowest BCUT2D eigenvalue weighted by atomic mass is 10.1. The molecule has 1 saturated heterocycles. The number of rotatable bonds is 5. The molecule has 0 spiro atoms. The van der Waals surface area contributed by atoms with Crippen molar-refractivity contribution in [2.24, 2.45) is 11.8 Å². The van der Waals surface area contributed by atoms with Gasteiger partial charge in [-0.15, -0.1) is 0 Å². The SMILES string of the molecule is COc1ccc(N2C[C@H](CNC(=O)C(C)C)CC2=O)cc1. The first-order valence-corrected chi connectivity index (χ1v) is 7.23. The van der Waals surface area contributed by atoms with Crippen molar-refractivity contribution >= 4 is 17.5 Å². The van der Waals surface area contributed by atoms with Crippen LogP contribution in [0.4, 0.5) is 5.69 Å². The lowest BCUT2D eigenvalue weighted by molar-refractivity contribution is -0.124. The van der Waals surface area contributed by atoms with Gasteiger partial charge in [0.2, 0.25) is 11.8 Å². The van der Waals surface area contributed by atoms with Crippen LogP contribution in [0.2, 0.25) is 0 Å². The number of nitrogens with one attached hydrogen (secondary N) is 1. The van der Waals surface area contributed by atoms with Gasteiger partial charge in [0.15, 0.2) is 0 Å². The number of methoxy groups -OCH3 is 1. The molecule has 5 nitrogen and oxygen atoms in total. The van der Waals surface area contributed by atoms with Gasteiger partial charge in [0, 0.05) is 37.0 Å². The van der Waals surface area contributed by atoms with Crippen molar-refractivity contribution in [1.29, 1.82) is 0 Å². The van der Waals surface area contributed by atoms with Gasteiger partial charge < -0.3 is 15.0 Å². The third-order valence-corrected chi connectivity index (χ3v) is 3.68. The summed E-state index contributed by atoms with van der Waals surface area (Å²) in [5, 5.41) is 2.90. The van der Waals surface area contributed by atoms with E-state index < -0.39 is 0 Å². The fourth-order valence-electron chi connectivity index (χ4n) is 2.38. The first-order valence-electron chi connectivity index (χ1n) is 7.23. The second-order valence-electron chi connectivity index (χ2n) is 5.67. The van der Waals surface area contributed by atoms with Gasteiger partial charge in [0.25, 0.3) is 0 Å². The molecule has 1 N–H and O–H groups in total.